The van der Waals surface area contributed by atoms with Crippen LogP contribution in [0.3, 0.4) is 0 Å². The number of aromatic nitrogens is 1. The molecule has 1 atom stereocenters. The molecular formula is C15H15NO5S. The molecule has 0 saturated heterocycles. The van der Waals surface area contributed by atoms with Crippen molar-refractivity contribution in [1.29, 1.82) is 0 Å². The molecule has 116 valence electrons. The number of carbonyl (C=O) groups is 1. The summed E-state index contributed by atoms with van der Waals surface area (Å²) < 4.78 is 34.2. The van der Waals surface area contributed by atoms with E-state index in [1.807, 2.05) is 6.92 Å². The Morgan fingerprint density at radius 1 is 1.14 bits per heavy atom. The van der Waals surface area contributed by atoms with E-state index < -0.39 is 22.2 Å². The quantitative estimate of drug-likeness (QED) is 0.619. The molecule has 0 saturated carbocycles. The van der Waals surface area contributed by atoms with Crippen molar-refractivity contribution < 1.29 is 22.1 Å². The fourth-order valence-electron chi connectivity index (χ4n) is 1.73. The van der Waals surface area contributed by atoms with Gasteiger partial charge in [0.15, 0.2) is 0 Å². The highest BCUT2D eigenvalue weighted by Crippen LogP contribution is 2.23. The van der Waals surface area contributed by atoms with Crippen LogP contribution in [0.2, 0.25) is 0 Å². The van der Waals surface area contributed by atoms with Crippen molar-refractivity contribution in [2.24, 2.45) is 0 Å². The third kappa shape index (κ3) is 3.69. The molecule has 0 N–H and O–H groups in total. The van der Waals surface area contributed by atoms with Crippen LogP contribution < -0.4 is 0 Å². The standard InChI is InChI=1S/C15H15NO5S/c1-11-6-8-12(9-7-11)22(18,19)21-14(15(17)20-2)13-5-3-4-10-16-13/h3-10,14H,1-2H3. The number of aryl methyl sites for hydroxylation is 1. The molecular weight excluding hydrogens is 306 g/mol. The summed E-state index contributed by atoms with van der Waals surface area (Å²) in [5.74, 6) is -0.839. The molecule has 0 aliphatic heterocycles. The predicted octanol–water partition coefficient (Wildman–Crippen LogP) is 2.01. The zero-order chi connectivity index (χ0) is 16.2. The molecule has 0 spiro atoms. The van der Waals surface area contributed by atoms with Crippen molar-refractivity contribution in [2.45, 2.75) is 17.9 Å². The monoisotopic (exact) mass is 321 g/mol. The van der Waals surface area contributed by atoms with Gasteiger partial charge in [-0.1, -0.05) is 23.8 Å². The molecule has 0 amide bonds. The largest absolute Gasteiger partial charge is 0.467 e. The third-order valence-electron chi connectivity index (χ3n) is 2.90. The maximum Gasteiger partial charge on any atom is 0.342 e. The van der Waals surface area contributed by atoms with Gasteiger partial charge in [-0.05, 0) is 31.2 Å². The van der Waals surface area contributed by atoms with E-state index in [-0.39, 0.29) is 10.6 Å². The number of hydrogen-bond acceptors (Lipinski definition) is 6. The molecule has 6 nitrogen and oxygen atoms in total. The van der Waals surface area contributed by atoms with Crippen LogP contribution in [0.4, 0.5) is 0 Å². The van der Waals surface area contributed by atoms with Crippen molar-refractivity contribution in [2.75, 3.05) is 7.11 Å². The second kappa shape index (κ2) is 6.67. The van der Waals surface area contributed by atoms with Gasteiger partial charge in [0.05, 0.1) is 17.7 Å². The predicted molar refractivity (Wildman–Crippen MR) is 78.4 cm³/mol. The SMILES string of the molecule is COC(=O)C(OS(=O)(=O)c1ccc(C)cc1)c1ccccn1. The van der Waals surface area contributed by atoms with Gasteiger partial charge < -0.3 is 4.74 Å². The van der Waals surface area contributed by atoms with E-state index in [1.54, 1.807) is 24.3 Å². The van der Waals surface area contributed by atoms with Crippen molar-refractivity contribution >= 4 is 16.1 Å². The maximum atomic E-state index is 12.3. The summed E-state index contributed by atoms with van der Waals surface area (Å²) >= 11 is 0. The summed E-state index contributed by atoms with van der Waals surface area (Å²) in [7, 11) is -2.97. The van der Waals surface area contributed by atoms with Gasteiger partial charge in [0, 0.05) is 6.20 Å². The first-order valence-electron chi connectivity index (χ1n) is 6.43. The lowest BCUT2D eigenvalue weighted by atomic mass is 10.2. The molecule has 2 aromatic rings. The van der Waals surface area contributed by atoms with Gasteiger partial charge in [-0.25, -0.2) is 8.98 Å². The minimum Gasteiger partial charge on any atom is -0.467 e. The molecule has 0 aliphatic rings. The van der Waals surface area contributed by atoms with Gasteiger partial charge >= 0.3 is 5.97 Å². The number of carbonyl (C=O) groups excluding carboxylic acids is 1. The summed E-state index contributed by atoms with van der Waals surface area (Å²) in [6.45, 7) is 1.84. The van der Waals surface area contributed by atoms with E-state index in [0.29, 0.717) is 0 Å². The first-order chi connectivity index (χ1) is 10.4. The highest BCUT2D eigenvalue weighted by Gasteiger charge is 2.30. The Bertz CT molecular complexity index is 741. The Kier molecular flexibility index (Phi) is 4.89. The van der Waals surface area contributed by atoms with Crippen molar-refractivity contribution in [3.63, 3.8) is 0 Å². The smallest absolute Gasteiger partial charge is 0.342 e. The van der Waals surface area contributed by atoms with Crippen LogP contribution in [0.25, 0.3) is 0 Å². The first-order valence-corrected chi connectivity index (χ1v) is 7.83. The van der Waals surface area contributed by atoms with Crippen LogP contribution in [0, 0.1) is 6.92 Å². The average molecular weight is 321 g/mol. The summed E-state index contributed by atoms with van der Waals surface area (Å²) in [5, 5.41) is 0. The number of ether oxygens (including phenoxy) is 1. The van der Waals surface area contributed by atoms with Crippen molar-refractivity contribution in [1.82, 2.24) is 4.98 Å². The van der Waals surface area contributed by atoms with E-state index in [9.17, 15) is 13.2 Å². The number of pyridine rings is 1. The summed E-state index contributed by atoms with van der Waals surface area (Å²) in [4.78, 5) is 15.7. The van der Waals surface area contributed by atoms with Gasteiger partial charge in [0.25, 0.3) is 10.1 Å². The molecule has 2 rings (SSSR count). The Labute approximate surface area is 128 Å². The fraction of sp³-hybridized carbons (Fsp3) is 0.200. The molecule has 0 bridgehead atoms. The van der Waals surface area contributed by atoms with Gasteiger partial charge in [0.1, 0.15) is 0 Å². The van der Waals surface area contributed by atoms with E-state index in [1.165, 1.54) is 24.4 Å². The first kappa shape index (κ1) is 16.1. The Morgan fingerprint density at radius 3 is 2.36 bits per heavy atom. The Hall–Kier alpha value is -2.25. The molecule has 7 heteroatoms. The number of hydrogen-bond donors (Lipinski definition) is 0. The van der Waals surface area contributed by atoms with Crippen molar-refractivity contribution in [3.05, 3.63) is 59.9 Å². The van der Waals surface area contributed by atoms with Gasteiger partial charge in [-0.3, -0.25) is 4.98 Å². The normalized spacial score (nSPS) is 12.6. The minimum atomic E-state index is -4.12. The lowest BCUT2D eigenvalue weighted by molar-refractivity contribution is -0.149. The number of nitrogens with zero attached hydrogens (tertiary/aromatic N) is 1. The van der Waals surface area contributed by atoms with Crippen LogP contribution in [-0.4, -0.2) is 26.5 Å². The zero-order valence-electron chi connectivity index (χ0n) is 12.1. The number of benzene rings is 1. The second-order valence-electron chi connectivity index (χ2n) is 4.52. The molecule has 0 aliphatic carbocycles. The lowest BCUT2D eigenvalue weighted by Gasteiger charge is -2.15. The van der Waals surface area contributed by atoms with Gasteiger partial charge in [0.2, 0.25) is 6.10 Å². The number of methoxy groups -OCH3 is 1. The summed E-state index contributed by atoms with van der Waals surface area (Å²) in [6, 6.07) is 10.9. The molecule has 0 radical (unpaired) electrons. The number of esters is 1. The van der Waals surface area contributed by atoms with Crippen LogP contribution >= 0.6 is 0 Å². The van der Waals surface area contributed by atoms with Crippen LogP contribution in [0.15, 0.2) is 53.6 Å². The van der Waals surface area contributed by atoms with Gasteiger partial charge in [-0.15, -0.1) is 0 Å². The van der Waals surface area contributed by atoms with E-state index in [4.69, 9.17) is 4.18 Å². The molecule has 22 heavy (non-hydrogen) atoms. The zero-order valence-corrected chi connectivity index (χ0v) is 12.9. The fourth-order valence-corrected chi connectivity index (χ4v) is 2.75. The highest BCUT2D eigenvalue weighted by molar-refractivity contribution is 7.86. The Balaban J connectivity index is 2.34. The minimum absolute atomic E-state index is 0.0389. The lowest BCUT2D eigenvalue weighted by Crippen LogP contribution is -2.22. The van der Waals surface area contributed by atoms with Crippen LogP contribution in [0.1, 0.15) is 17.4 Å². The van der Waals surface area contributed by atoms with Crippen molar-refractivity contribution in [3.8, 4) is 0 Å². The van der Waals surface area contributed by atoms with Crippen LogP contribution in [-0.2, 0) is 23.8 Å². The Morgan fingerprint density at radius 2 is 1.82 bits per heavy atom. The van der Waals surface area contributed by atoms with Crippen LogP contribution in [0.5, 0.6) is 0 Å². The molecule has 1 heterocycles. The molecule has 1 unspecified atom stereocenters. The molecule has 1 aromatic heterocycles. The summed E-state index contributed by atoms with van der Waals surface area (Å²) in [6.07, 6.45) is -0.00913. The molecule has 1 aromatic carbocycles. The maximum absolute atomic E-state index is 12.3. The second-order valence-corrected chi connectivity index (χ2v) is 6.09. The third-order valence-corrected chi connectivity index (χ3v) is 4.20. The molecule has 0 fully saturated rings. The summed E-state index contributed by atoms with van der Waals surface area (Å²) in [5.41, 5.74) is 1.07. The van der Waals surface area contributed by atoms with E-state index in [0.717, 1.165) is 12.7 Å². The average Bonchev–Trinajstić information content (AvgIpc) is 2.53. The van der Waals surface area contributed by atoms with Gasteiger partial charge in [-0.2, -0.15) is 8.42 Å². The number of rotatable bonds is 5. The highest BCUT2D eigenvalue weighted by atomic mass is 32.2. The topological polar surface area (TPSA) is 82.6 Å². The van der Waals surface area contributed by atoms with E-state index >= 15 is 0 Å². The van der Waals surface area contributed by atoms with E-state index in [2.05, 4.69) is 9.72 Å².